The van der Waals surface area contributed by atoms with Crippen molar-refractivity contribution in [2.45, 2.75) is 19.0 Å². The number of halogens is 4. The van der Waals surface area contributed by atoms with E-state index in [4.69, 9.17) is 19.4 Å². The van der Waals surface area contributed by atoms with Crippen molar-refractivity contribution in [3.05, 3.63) is 18.2 Å². The molecule has 1 aromatic rings. The van der Waals surface area contributed by atoms with Crippen LogP contribution in [0.3, 0.4) is 0 Å². The number of piperidine rings is 1. The molecule has 2 aliphatic heterocycles. The maximum absolute atomic E-state index is 13.0. The number of nitrogens with zero attached hydrogens (tertiary/aromatic N) is 4. The van der Waals surface area contributed by atoms with Gasteiger partial charge in [0, 0.05) is 45.8 Å². The zero-order valence-electron chi connectivity index (χ0n) is 17.8. The zero-order valence-corrected chi connectivity index (χ0v) is 17.8. The van der Waals surface area contributed by atoms with Crippen LogP contribution in [0.25, 0.3) is 0 Å². The van der Waals surface area contributed by atoms with Crippen molar-refractivity contribution in [3.63, 3.8) is 0 Å². The van der Waals surface area contributed by atoms with E-state index >= 15 is 0 Å². The molecule has 0 aromatic carbocycles. The van der Waals surface area contributed by atoms with E-state index in [1.54, 1.807) is 14.2 Å². The van der Waals surface area contributed by atoms with Gasteiger partial charge in [-0.25, -0.2) is 19.2 Å². The van der Waals surface area contributed by atoms with Gasteiger partial charge in [-0.05, 0) is 12.8 Å². The van der Waals surface area contributed by atoms with Crippen LogP contribution in [0, 0.1) is 17.2 Å². The normalized spacial score (nSPS) is 20.3. The molecule has 1 aromatic heterocycles. The minimum absolute atomic E-state index is 0.0859. The standard InChI is InChI=1S/C17H25FN4O3.C2HF3O2/c1-24-8-7-22-12-17(14(11-25-2)15(22)23)3-5-21(6-4-17)16-19-9-13(18)10-20-16;3-2(4,5)1(6)7/h9-10,14H,3-8,11-12H2,1-2H3;(H,6,7). The van der Waals surface area contributed by atoms with Crippen LogP contribution in [0.2, 0.25) is 0 Å². The van der Waals surface area contributed by atoms with E-state index in [2.05, 4.69) is 14.9 Å². The lowest BCUT2D eigenvalue weighted by molar-refractivity contribution is -0.192. The largest absolute Gasteiger partial charge is 0.490 e. The highest BCUT2D eigenvalue weighted by Gasteiger charge is 2.53. The van der Waals surface area contributed by atoms with Gasteiger partial charge in [-0.1, -0.05) is 0 Å². The molecular formula is C19H26F4N4O5. The smallest absolute Gasteiger partial charge is 0.475 e. The quantitative estimate of drug-likeness (QED) is 0.631. The predicted molar refractivity (Wildman–Crippen MR) is 103 cm³/mol. The Labute approximate surface area is 182 Å². The number of amides is 1. The Morgan fingerprint density at radius 1 is 1.22 bits per heavy atom. The Morgan fingerprint density at radius 3 is 2.25 bits per heavy atom. The summed E-state index contributed by atoms with van der Waals surface area (Å²) in [4.78, 5) is 33.8. The summed E-state index contributed by atoms with van der Waals surface area (Å²) in [7, 11) is 3.28. The van der Waals surface area contributed by atoms with E-state index in [0.717, 1.165) is 32.5 Å². The highest BCUT2D eigenvalue weighted by Crippen LogP contribution is 2.45. The summed E-state index contributed by atoms with van der Waals surface area (Å²) < 4.78 is 55.2. The van der Waals surface area contributed by atoms with Crippen LogP contribution in [-0.2, 0) is 19.1 Å². The Hall–Kier alpha value is -2.54. The molecular weight excluding hydrogens is 440 g/mol. The van der Waals surface area contributed by atoms with Gasteiger partial charge in [-0.15, -0.1) is 0 Å². The third-order valence-electron chi connectivity index (χ3n) is 5.64. The highest BCUT2D eigenvalue weighted by atomic mass is 19.4. The van der Waals surface area contributed by atoms with E-state index in [9.17, 15) is 22.4 Å². The number of alkyl halides is 3. The van der Waals surface area contributed by atoms with E-state index in [1.165, 1.54) is 12.4 Å². The first-order valence-corrected chi connectivity index (χ1v) is 9.83. The van der Waals surface area contributed by atoms with E-state index in [-0.39, 0.29) is 17.2 Å². The minimum Gasteiger partial charge on any atom is -0.475 e. The second kappa shape index (κ2) is 10.9. The number of likely N-dealkylation sites (tertiary alicyclic amines) is 1. The summed E-state index contributed by atoms with van der Waals surface area (Å²) >= 11 is 0. The summed E-state index contributed by atoms with van der Waals surface area (Å²) in [6.45, 7) is 3.82. The van der Waals surface area contributed by atoms with E-state index < -0.39 is 18.0 Å². The highest BCUT2D eigenvalue weighted by molar-refractivity contribution is 5.82. The SMILES string of the molecule is COCCN1CC2(CCN(c3ncc(F)cn3)CC2)C(COC)C1=O.O=C(O)C(F)(F)F. The maximum Gasteiger partial charge on any atom is 0.490 e. The Morgan fingerprint density at radius 2 is 1.78 bits per heavy atom. The Bertz CT molecular complexity index is 770. The summed E-state index contributed by atoms with van der Waals surface area (Å²) in [6, 6.07) is 0. The number of carbonyl (C=O) groups is 2. The molecule has 180 valence electrons. The summed E-state index contributed by atoms with van der Waals surface area (Å²) in [5.74, 6) is -2.61. The number of carbonyl (C=O) groups excluding carboxylic acids is 1. The van der Waals surface area contributed by atoms with Crippen LogP contribution in [0.1, 0.15) is 12.8 Å². The van der Waals surface area contributed by atoms with E-state index in [0.29, 0.717) is 25.7 Å². The van der Waals surface area contributed by atoms with Crippen LogP contribution in [0.4, 0.5) is 23.5 Å². The molecule has 2 fully saturated rings. The van der Waals surface area contributed by atoms with Crippen molar-refractivity contribution in [1.29, 1.82) is 0 Å². The topological polar surface area (TPSA) is 105 Å². The van der Waals surface area contributed by atoms with Crippen molar-refractivity contribution >= 4 is 17.8 Å². The molecule has 1 atom stereocenters. The number of ether oxygens (including phenoxy) is 2. The molecule has 1 amide bonds. The molecule has 0 bridgehead atoms. The lowest BCUT2D eigenvalue weighted by Gasteiger charge is -2.41. The molecule has 3 rings (SSSR count). The van der Waals surface area contributed by atoms with Crippen molar-refractivity contribution in [1.82, 2.24) is 14.9 Å². The molecule has 32 heavy (non-hydrogen) atoms. The Kier molecular flexibility index (Phi) is 8.73. The summed E-state index contributed by atoms with van der Waals surface area (Å²) in [6.07, 6.45) is -0.994. The lowest BCUT2D eigenvalue weighted by Crippen LogP contribution is -2.46. The first-order valence-electron chi connectivity index (χ1n) is 9.83. The predicted octanol–water partition coefficient (Wildman–Crippen LogP) is 1.59. The zero-order chi connectivity index (χ0) is 23.9. The lowest BCUT2D eigenvalue weighted by atomic mass is 9.71. The second-order valence-corrected chi connectivity index (χ2v) is 7.61. The third kappa shape index (κ3) is 6.25. The van der Waals surface area contributed by atoms with Gasteiger partial charge >= 0.3 is 12.1 Å². The van der Waals surface area contributed by atoms with Crippen LogP contribution >= 0.6 is 0 Å². The number of rotatable bonds is 6. The minimum atomic E-state index is -5.08. The fourth-order valence-electron chi connectivity index (χ4n) is 3.98. The molecule has 0 radical (unpaired) electrons. The number of aliphatic carboxylic acids is 1. The summed E-state index contributed by atoms with van der Waals surface area (Å²) in [5.41, 5.74) is -0.0859. The van der Waals surface area contributed by atoms with Crippen molar-refractivity contribution in [3.8, 4) is 0 Å². The van der Waals surface area contributed by atoms with Gasteiger partial charge in [0.2, 0.25) is 11.9 Å². The average Bonchev–Trinajstić information content (AvgIpc) is 2.99. The van der Waals surface area contributed by atoms with Crippen LogP contribution in [-0.4, -0.2) is 91.6 Å². The molecule has 0 aliphatic carbocycles. The maximum atomic E-state index is 13.0. The number of methoxy groups -OCH3 is 2. The number of carboxylic acids is 1. The van der Waals surface area contributed by atoms with Crippen LogP contribution in [0.15, 0.2) is 12.4 Å². The number of aromatic nitrogens is 2. The fraction of sp³-hybridized carbons (Fsp3) is 0.684. The number of hydrogen-bond donors (Lipinski definition) is 1. The number of hydrogen-bond acceptors (Lipinski definition) is 7. The molecule has 1 unspecified atom stereocenters. The molecule has 0 saturated carbocycles. The fourth-order valence-corrected chi connectivity index (χ4v) is 3.98. The van der Waals surface area contributed by atoms with Crippen molar-refractivity contribution < 1.29 is 41.7 Å². The Balaban J connectivity index is 0.000000451. The van der Waals surface area contributed by atoms with Gasteiger partial charge in [0.05, 0.1) is 31.5 Å². The van der Waals surface area contributed by atoms with Crippen LogP contribution in [0.5, 0.6) is 0 Å². The first-order chi connectivity index (χ1) is 15.0. The number of anilines is 1. The first kappa shape index (κ1) is 25.7. The molecule has 1 N–H and O–H groups in total. The second-order valence-electron chi connectivity index (χ2n) is 7.61. The van der Waals surface area contributed by atoms with Crippen LogP contribution < -0.4 is 4.90 Å². The molecule has 2 saturated heterocycles. The van der Waals surface area contributed by atoms with E-state index in [1.807, 2.05) is 4.90 Å². The van der Waals surface area contributed by atoms with Gasteiger partial charge in [0.1, 0.15) is 0 Å². The molecule has 1 spiro atoms. The van der Waals surface area contributed by atoms with Gasteiger partial charge in [0.15, 0.2) is 5.82 Å². The molecule has 13 heteroatoms. The van der Waals surface area contributed by atoms with Gasteiger partial charge < -0.3 is 24.4 Å². The van der Waals surface area contributed by atoms with Crippen molar-refractivity contribution in [2.75, 3.05) is 58.5 Å². The molecule has 3 heterocycles. The average molecular weight is 466 g/mol. The van der Waals surface area contributed by atoms with Crippen molar-refractivity contribution in [2.24, 2.45) is 11.3 Å². The van der Waals surface area contributed by atoms with Gasteiger partial charge in [0.25, 0.3) is 0 Å². The molecule has 9 nitrogen and oxygen atoms in total. The third-order valence-corrected chi connectivity index (χ3v) is 5.64. The molecule has 2 aliphatic rings. The van der Waals surface area contributed by atoms with Gasteiger partial charge in [-0.2, -0.15) is 13.2 Å². The monoisotopic (exact) mass is 466 g/mol. The number of carboxylic acid groups (broad SMARTS) is 1. The van der Waals surface area contributed by atoms with Gasteiger partial charge in [-0.3, -0.25) is 4.79 Å². The summed E-state index contributed by atoms with van der Waals surface area (Å²) in [5, 5.41) is 7.12.